The molecule has 0 saturated carbocycles. The molecule has 0 saturated heterocycles. The fourth-order valence-electron chi connectivity index (χ4n) is 1.47. The van der Waals surface area contributed by atoms with E-state index in [-0.39, 0.29) is 0 Å². The average Bonchev–Trinajstić information content (AvgIpc) is 2.38. The van der Waals surface area contributed by atoms with Gasteiger partial charge in [-0.05, 0) is 41.5 Å². The molecule has 0 aliphatic heterocycles. The highest BCUT2D eigenvalue weighted by Crippen LogP contribution is 2.18. The third-order valence-electron chi connectivity index (χ3n) is 2.33. The number of hydrogen-bond donors (Lipinski definition) is 0. The Kier molecular flexibility index (Phi) is 3.68. The van der Waals surface area contributed by atoms with Crippen LogP contribution in [0, 0.1) is 0 Å². The summed E-state index contributed by atoms with van der Waals surface area (Å²) in [5.41, 5.74) is 2.41. The van der Waals surface area contributed by atoms with Crippen molar-refractivity contribution in [3.05, 3.63) is 64.9 Å². The maximum Gasteiger partial charge on any atom is 0.150 e. The summed E-state index contributed by atoms with van der Waals surface area (Å²) in [6.45, 7) is 0. The first-order valence-electron chi connectivity index (χ1n) is 5.12. The number of pyridine rings is 1. The normalized spacial score (nSPS) is 11.2. The van der Waals surface area contributed by atoms with Gasteiger partial charge in [0.15, 0.2) is 6.29 Å². The van der Waals surface area contributed by atoms with Gasteiger partial charge in [0.25, 0.3) is 0 Å². The standard InChI is InChI=1S/C14H10ClNO/c15-14-3-1-12(2-4-14)13(10-17)9-11-5-7-16-8-6-11/h1-10H. The minimum absolute atomic E-state index is 0.618. The van der Waals surface area contributed by atoms with Gasteiger partial charge in [0, 0.05) is 23.0 Å². The number of nitrogens with zero attached hydrogens (tertiary/aromatic N) is 1. The Morgan fingerprint density at radius 2 is 1.71 bits per heavy atom. The van der Waals surface area contributed by atoms with E-state index in [9.17, 15) is 4.79 Å². The van der Waals surface area contributed by atoms with Crippen LogP contribution >= 0.6 is 11.6 Å². The molecule has 0 unspecified atom stereocenters. The van der Waals surface area contributed by atoms with E-state index < -0.39 is 0 Å². The smallest absolute Gasteiger partial charge is 0.150 e. The van der Waals surface area contributed by atoms with Crippen molar-refractivity contribution in [2.75, 3.05) is 0 Å². The predicted octanol–water partition coefficient (Wildman–Crippen LogP) is 3.47. The van der Waals surface area contributed by atoms with Crippen LogP contribution in [-0.4, -0.2) is 11.3 Å². The third-order valence-corrected chi connectivity index (χ3v) is 2.58. The molecule has 2 nitrogen and oxygen atoms in total. The predicted molar refractivity (Wildman–Crippen MR) is 69.6 cm³/mol. The first kappa shape index (κ1) is 11.6. The number of allylic oxidation sites excluding steroid dienone is 1. The maximum atomic E-state index is 11.1. The monoisotopic (exact) mass is 243 g/mol. The second-order valence-corrected chi connectivity index (χ2v) is 3.94. The van der Waals surface area contributed by atoms with Crippen LogP contribution in [0.15, 0.2) is 48.8 Å². The lowest BCUT2D eigenvalue weighted by Crippen LogP contribution is -1.86. The van der Waals surface area contributed by atoms with Crippen LogP contribution in [0.25, 0.3) is 11.6 Å². The number of aromatic nitrogens is 1. The van der Waals surface area contributed by atoms with E-state index >= 15 is 0 Å². The van der Waals surface area contributed by atoms with Crippen molar-refractivity contribution in [2.45, 2.75) is 0 Å². The Balaban J connectivity index is 2.37. The Morgan fingerprint density at radius 3 is 2.29 bits per heavy atom. The first-order chi connectivity index (χ1) is 8.29. The third kappa shape index (κ3) is 3.02. The van der Waals surface area contributed by atoms with Crippen molar-refractivity contribution in [2.24, 2.45) is 0 Å². The van der Waals surface area contributed by atoms with Crippen LogP contribution in [-0.2, 0) is 4.79 Å². The minimum Gasteiger partial charge on any atom is -0.298 e. The molecule has 0 fully saturated rings. The molecule has 3 heteroatoms. The van der Waals surface area contributed by atoms with Crippen LogP contribution in [0.5, 0.6) is 0 Å². The number of hydrogen-bond acceptors (Lipinski definition) is 2. The van der Waals surface area contributed by atoms with Crippen LogP contribution in [0.1, 0.15) is 11.1 Å². The van der Waals surface area contributed by atoms with Gasteiger partial charge in [-0.25, -0.2) is 0 Å². The summed E-state index contributed by atoms with van der Waals surface area (Å²) in [7, 11) is 0. The molecule has 2 rings (SSSR count). The Bertz CT molecular complexity index is 532. The molecular formula is C14H10ClNO. The van der Waals surface area contributed by atoms with Gasteiger partial charge in [0.2, 0.25) is 0 Å². The number of halogens is 1. The highest BCUT2D eigenvalue weighted by atomic mass is 35.5. The van der Waals surface area contributed by atoms with Gasteiger partial charge in [0.1, 0.15) is 0 Å². The lowest BCUT2D eigenvalue weighted by molar-refractivity contribution is -0.103. The van der Waals surface area contributed by atoms with E-state index in [0.29, 0.717) is 10.6 Å². The number of aldehydes is 1. The van der Waals surface area contributed by atoms with Crippen LogP contribution in [0.2, 0.25) is 5.02 Å². The number of benzene rings is 1. The highest BCUT2D eigenvalue weighted by Gasteiger charge is 2.00. The number of carbonyl (C=O) groups is 1. The molecular weight excluding hydrogens is 234 g/mol. The largest absolute Gasteiger partial charge is 0.298 e. The van der Waals surface area contributed by atoms with Gasteiger partial charge in [-0.2, -0.15) is 0 Å². The van der Waals surface area contributed by atoms with Crippen molar-refractivity contribution in [3.63, 3.8) is 0 Å². The second kappa shape index (κ2) is 5.41. The van der Waals surface area contributed by atoms with Gasteiger partial charge in [-0.3, -0.25) is 9.78 Å². The van der Waals surface area contributed by atoms with E-state index in [1.807, 2.05) is 30.3 Å². The SMILES string of the molecule is O=CC(=Cc1ccncc1)c1ccc(Cl)cc1. The van der Waals surface area contributed by atoms with Crippen molar-refractivity contribution < 1.29 is 4.79 Å². The Morgan fingerprint density at radius 1 is 1.06 bits per heavy atom. The van der Waals surface area contributed by atoms with Crippen LogP contribution < -0.4 is 0 Å². The van der Waals surface area contributed by atoms with E-state index in [1.165, 1.54) is 0 Å². The summed E-state index contributed by atoms with van der Waals surface area (Å²) in [5, 5.41) is 0.655. The van der Waals surface area contributed by atoms with E-state index in [2.05, 4.69) is 4.98 Å². The molecule has 0 bridgehead atoms. The fraction of sp³-hybridized carbons (Fsp3) is 0. The molecule has 0 atom stereocenters. The van der Waals surface area contributed by atoms with Crippen molar-refractivity contribution in [3.8, 4) is 0 Å². The molecule has 0 radical (unpaired) electrons. The van der Waals surface area contributed by atoms with E-state index in [4.69, 9.17) is 11.6 Å². The molecule has 84 valence electrons. The average molecular weight is 244 g/mol. The minimum atomic E-state index is 0.618. The summed E-state index contributed by atoms with van der Waals surface area (Å²) in [4.78, 5) is 15.0. The summed E-state index contributed by atoms with van der Waals surface area (Å²) < 4.78 is 0. The molecule has 1 heterocycles. The summed E-state index contributed by atoms with van der Waals surface area (Å²) in [6.07, 6.45) is 6.04. The van der Waals surface area contributed by atoms with Gasteiger partial charge in [-0.15, -0.1) is 0 Å². The molecule has 0 N–H and O–H groups in total. The summed E-state index contributed by atoms with van der Waals surface area (Å²) in [5.74, 6) is 0. The Labute approximate surface area is 105 Å². The summed E-state index contributed by atoms with van der Waals surface area (Å²) in [6, 6.07) is 10.9. The zero-order valence-electron chi connectivity index (χ0n) is 9.01. The molecule has 0 amide bonds. The number of carbonyl (C=O) groups excluding carboxylic acids is 1. The molecule has 0 aliphatic carbocycles. The molecule has 1 aromatic carbocycles. The molecule has 0 spiro atoms. The second-order valence-electron chi connectivity index (χ2n) is 3.50. The van der Waals surface area contributed by atoms with E-state index in [1.54, 1.807) is 24.5 Å². The maximum absolute atomic E-state index is 11.1. The Hall–Kier alpha value is -1.93. The molecule has 1 aromatic heterocycles. The van der Waals surface area contributed by atoms with Crippen molar-refractivity contribution >= 4 is 29.5 Å². The number of rotatable bonds is 3. The van der Waals surface area contributed by atoms with Crippen molar-refractivity contribution in [1.82, 2.24) is 4.98 Å². The highest BCUT2D eigenvalue weighted by molar-refractivity contribution is 6.30. The quantitative estimate of drug-likeness (QED) is 0.610. The van der Waals surface area contributed by atoms with Crippen LogP contribution in [0.4, 0.5) is 0 Å². The zero-order valence-corrected chi connectivity index (χ0v) is 9.76. The van der Waals surface area contributed by atoms with Crippen LogP contribution in [0.3, 0.4) is 0 Å². The molecule has 2 aromatic rings. The summed E-state index contributed by atoms with van der Waals surface area (Å²) >= 11 is 5.80. The van der Waals surface area contributed by atoms with Crippen molar-refractivity contribution in [1.29, 1.82) is 0 Å². The topological polar surface area (TPSA) is 30.0 Å². The first-order valence-corrected chi connectivity index (χ1v) is 5.50. The lowest BCUT2D eigenvalue weighted by Gasteiger charge is -2.01. The molecule has 0 aliphatic rings. The lowest BCUT2D eigenvalue weighted by atomic mass is 10.0. The van der Waals surface area contributed by atoms with Gasteiger partial charge in [-0.1, -0.05) is 23.7 Å². The van der Waals surface area contributed by atoms with E-state index in [0.717, 1.165) is 17.4 Å². The molecule has 17 heavy (non-hydrogen) atoms. The van der Waals surface area contributed by atoms with Gasteiger partial charge >= 0.3 is 0 Å². The van der Waals surface area contributed by atoms with Gasteiger partial charge < -0.3 is 0 Å². The fourth-order valence-corrected chi connectivity index (χ4v) is 1.59. The zero-order chi connectivity index (χ0) is 12.1. The van der Waals surface area contributed by atoms with Gasteiger partial charge in [0.05, 0.1) is 0 Å².